The summed E-state index contributed by atoms with van der Waals surface area (Å²) in [5, 5.41) is 11.0. The molecule has 0 radical (unpaired) electrons. The van der Waals surface area contributed by atoms with E-state index in [2.05, 4.69) is 15.5 Å². The van der Waals surface area contributed by atoms with E-state index in [4.69, 9.17) is 0 Å². The summed E-state index contributed by atoms with van der Waals surface area (Å²) < 4.78 is 0. The van der Waals surface area contributed by atoms with Crippen molar-refractivity contribution < 1.29 is 9.59 Å². The number of benzene rings is 1. The van der Waals surface area contributed by atoms with Crippen LogP contribution in [-0.4, -0.2) is 46.0 Å². The molecule has 1 saturated heterocycles. The maximum atomic E-state index is 12.6. The number of H-pyrrole nitrogens is 1. The van der Waals surface area contributed by atoms with Gasteiger partial charge in [-0.15, -0.1) is 0 Å². The Bertz CT molecular complexity index is 786. The van der Waals surface area contributed by atoms with Gasteiger partial charge in [-0.2, -0.15) is 5.10 Å². The molecule has 1 saturated carbocycles. The van der Waals surface area contributed by atoms with Crippen LogP contribution >= 0.6 is 0 Å². The van der Waals surface area contributed by atoms with Crippen molar-refractivity contribution in [3.63, 3.8) is 0 Å². The second-order valence-electron chi connectivity index (χ2n) is 7.55. The predicted octanol–water partition coefficient (Wildman–Crippen LogP) is 2.86. The number of nitrogens with zero attached hydrogens (tertiary/aromatic N) is 2. The molecule has 2 aliphatic rings. The highest BCUT2D eigenvalue weighted by Crippen LogP contribution is 2.26. The average Bonchev–Trinajstić information content (AvgIpc) is 3.17. The van der Waals surface area contributed by atoms with Gasteiger partial charge >= 0.3 is 0 Å². The number of hydrogen-bond donors (Lipinski definition) is 2. The van der Waals surface area contributed by atoms with Gasteiger partial charge in [-0.05, 0) is 31.7 Å². The third-order valence-corrected chi connectivity index (χ3v) is 5.82. The quantitative estimate of drug-likeness (QED) is 0.890. The van der Waals surface area contributed by atoms with Crippen molar-refractivity contribution in [3.8, 4) is 0 Å². The third kappa shape index (κ3) is 3.45. The lowest BCUT2D eigenvalue weighted by Gasteiger charge is -2.35. The fourth-order valence-electron chi connectivity index (χ4n) is 4.27. The maximum Gasteiger partial charge on any atom is 0.253 e. The summed E-state index contributed by atoms with van der Waals surface area (Å²) in [6, 6.07) is 5.75. The van der Waals surface area contributed by atoms with E-state index in [0.717, 1.165) is 49.7 Å². The molecule has 1 aliphatic heterocycles. The number of amides is 2. The Labute approximate surface area is 153 Å². The molecule has 2 amide bonds. The molecule has 0 unspecified atom stereocenters. The van der Waals surface area contributed by atoms with Crippen LogP contribution in [0.25, 0.3) is 10.9 Å². The van der Waals surface area contributed by atoms with E-state index < -0.39 is 0 Å². The number of rotatable bonds is 3. The molecule has 1 aliphatic carbocycles. The number of likely N-dealkylation sites (tertiary alicyclic amines) is 1. The van der Waals surface area contributed by atoms with E-state index in [1.807, 2.05) is 23.1 Å². The zero-order chi connectivity index (χ0) is 17.9. The van der Waals surface area contributed by atoms with Gasteiger partial charge in [-0.1, -0.05) is 31.4 Å². The monoisotopic (exact) mass is 354 g/mol. The van der Waals surface area contributed by atoms with E-state index in [-0.39, 0.29) is 17.9 Å². The lowest BCUT2D eigenvalue weighted by molar-refractivity contribution is -0.137. The third-order valence-electron chi connectivity index (χ3n) is 5.82. The Balaban J connectivity index is 1.33. The van der Waals surface area contributed by atoms with Crippen molar-refractivity contribution >= 4 is 22.7 Å². The zero-order valence-electron chi connectivity index (χ0n) is 15.0. The Morgan fingerprint density at radius 3 is 2.62 bits per heavy atom. The minimum Gasteiger partial charge on any atom is -0.349 e. The summed E-state index contributed by atoms with van der Waals surface area (Å²) in [6.45, 7) is 1.49. The van der Waals surface area contributed by atoms with Crippen molar-refractivity contribution in [2.45, 2.75) is 51.0 Å². The second kappa shape index (κ2) is 7.48. The summed E-state index contributed by atoms with van der Waals surface area (Å²) in [6.07, 6.45) is 9.09. The minimum absolute atomic E-state index is 0.0723. The molecule has 0 atom stereocenters. The lowest BCUT2D eigenvalue weighted by Crippen LogP contribution is -2.48. The van der Waals surface area contributed by atoms with E-state index >= 15 is 0 Å². The van der Waals surface area contributed by atoms with Crippen molar-refractivity contribution in [3.05, 3.63) is 30.0 Å². The normalized spacial score (nSPS) is 19.6. The highest BCUT2D eigenvalue weighted by Gasteiger charge is 2.29. The van der Waals surface area contributed by atoms with Crippen molar-refractivity contribution in [1.82, 2.24) is 20.4 Å². The zero-order valence-corrected chi connectivity index (χ0v) is 15.0. The predicted molar refractivity (Wildman–Crippen MR) is 99.7 cm³/mol. The molecule has 6 nitrogen and oxygen atoms in total. The molecule has 26 heavy (non-hydrogen) atoms. The number of piperidine rings is 1. The summed E-state index contributed by atoms with van der Waals surface area (Å²) in [4.78, 5) is 27.3. The Kier molecular flexibility index (Phi) is 4.91. The fraction of sp³-hybridized carbons (Fsp3) is 0.550. The van der Waals surface area contributed by atoms with Crippen LogP contribution < -0.4 is 5.32 Å². The molecule has 1 aromatic heterocycles. The summed E-state index contributed by atoms with van der Waals surface area (Å²) in [7, 11) is 0. The van der Waals surface area contributed by atoms with Gasteiger partial charge in [0.15, 0.2) is 0 Å². The number of aromatic amines is 1. The summed E-state index contributed by atoms with van der Waals surface area (Å²) in [5.41, 5.74) is 1.40. The largest absolute Gasteiger partial charge is 0.349 e. The van der Waals surface area contributed by atoms with Crippen LogP contribution in [0.2, 0.25) is 0 Å². The van der Waals surface area contributed by atoms with Crippen LogP contribution in [0, 0.1) is 5.92 Å². The van der Waals surface area contributed by atoms with Gasteiger partial charge in [0.25, 0.3) is 5.91 Å². The Morgan fingerprint density at radius 1 is 1.08 bits per heavy atom. The standard InChI is InChI=1S/C20H26N4O2/c25-19(17-8-4-7-15-13-21-23-18(15)17)22-16-9-11-24(12-10-16)20(26)14-5-2-1-3-6-14/h4,7-8,13-14,16H,1-3,5-6,9-12H2,(H,21,23)(H,22,25). The van der Waals surface area contributed by atoms with Crippen LogP contribution in [-0.2, 0) is 4.79 Å². The molecule has 2 heterocycles. The lowest BCUT2D eigenvalue weighted by atomic mass is 9.87. The first-order chi connectivity index (χ1) is 12.7. The molecule has 6 heteroatoms. The summed E-state index contributed by atoms with van der Waals surface area (Å²) in [5.74, 6) is 0.487. The van der Waals surface area contributed by atoms with Crippen molar-refractivity contribution in [1.29, 1.82) is 0 Å². The minimum atomic E-state index is -0.0723. The first kappa shape index (κ1) is 17.1. The van der Waals surface area contributed by atoms with E-state index in [9.17, 15) is 9.59 Å². The van der Waals surface area contributed by atoms with Gasteiger partial charge in [0.2, 0.25) is 5.91 Å². The average molecular weight is 354 g/mol. The smallest absolute Gasteiger partial charge is 0.253 e. The second-order valence-corrected chi connectivity index (χ2v) is 7.55. The molecular weight excluding hydrogens is 328 g/mol. The van der Waals surface area contributed by atoms with Gasteiger partial charge in [0.1, 0.15) is 0 Å². The van der Waals surface area contributed by atoms with E-state index in [1.165, 1.54) is 19.3 Å². The van der Waals surface area contributed by atoms with Gasteiger partial charge in [0, 0.05) is 30.4 Å². The Hall–Kier alpha value is -2.37. The first-order valence-electron chi connectivity index (χ1n) is 9.74. The molecule has 4 rings (SSSR count). The van der Waals surface area contributed by atoms with Crippen LogP contribution in [0.15, 0.2) is 24.4 Å². The highest BCUT2D eigenvalue weighted by molar-refractivity contribution is 6.05. The van der Waals surface area contributed by atoms with E-state index in [1.54, 1.807) is 6.20 Å². The van der Waals surface area contributed by atoms with E-state index in [0.29, 0.717) is 11.5 Å². The van der Waals surface area contributed by atoms with Crippen molar-refractivity contribution in [2.75, 3.05) is 13.1 Å². The number of nitrogens with one attached hydrogen (secondary N) is 2. The molecule has 2 fully saturated rings. The van der Waals surface area contributed by atoms with Crippen LogP contribution in [0.1, 0.15) is 55.3 Å². The SMILES string of the molecule is O=C(NC1CCN(C(=O)C2CCCCC2)CC1)c1cccc2cn[nH]c12. The molecule has 0 bridgehead atoms. The number of hydrogen-bond acceptors (Lipinski definition) is 3. The highest BCUT2D eigenvalue weighted by atomic mass is 16.2. The number of carbonyl (C=O) groups is 2. The van der Waals surface area contributed by atoms with Crippen LogP contribution in [0.5, 0.6) is 0 Å². The topological polar surface area (TPSA) is 78.1 Å². The van der Waals surface area contributed by atoms with Gasteiger partial charge < -0.3 is 10.2 Å². The molecule has 2 N–H and O–H groups in total. The van der Waals surface area contributed by atoms with Gasteiger partial charge in [-0.25, -0.2) is 0 Å². The number of aromatic nitrogens is 2. The number of para-hydroxylation sites is 1. The first-order valence-corrected chi connectivity index (χ1v) is 9.74. The summed E-state index contributed by atoms with van der Waals surface area (Å²) >= 11 is 0. The van der Waals surface area contributed by atoms with Crippen molar-refractivity contribution in [2.24, 2.45) is 5.92 Å². The maximum absolute atomic E-state index is 12.6. The van der Waals surface area contributed by atoms with Crippen LogP contribution in [0.4, 0.5) is 0 Å². The fourth-order valence-corrected chi connectivity index (χ4v) is 4.27. The van der Waals surface area contributed by atoms with Gasteiger partial charge in [0.05, 0.1) is 17.3 Å². The molecular formula is C20H26N4O2. The molecule has 1 aromatic carbocycles. The number of carbonyl (C=O) groups excluding carboxylic acids is 2. The Morgan fingerprint density at radius 2 is 1.85 bits per heavy atom. The molecule has 138 valence electrons. The molecule has 0 spiro atoms. The molecule has 2 aromatic rings. The number of fused-ring (bicyclic) bond motifs is 1. The van der Waals surface area contributed by atoms with Gasteiger partial charge in [-0.3, -0.25) is 14.7 Å². The van der Waals surface area contributed by atoms with Crippen LogP contribution in [0.3, 0.4) is 0 Å².